The van der Waals surface area contributed by atoms with Crippen LogP contribution in [0.3, 0.4) is 0 Å². The Kier molecular flexibility index (Phi) is 4.60. The first kappa shape index (κ1) is 15.3. The van der Waals surface area contributed by atoms with Crippen molar-refractivity contribution < 1.29 is 4.79 Å². The molecule has 114 valence electrons. The third kappa shape index (κ3) is 3.57. The first-order chi connectivity index (χ1) is 10.6. The lowest BCUT2D eigenvalue weighted by Gasteiger charge is -2.33. The summed E-state index contributed by atoms with van der Waals surface area (Å²) in [5.41, 5.74) is 1.90. The molecule has 1 aliphatic heterocycles. The summed E-state index contributed by atoms with van der Waals surface area (Å²) in [5.74, 6) is -0.0174. The first-order valence-electron chi connectivity index (χ1n) is 7.18. The lowest BCUT2D eigenvalue weighted by atomic mass is 10.2. The van der Waals surface area contributed by atoms with E-state index in [1.165, 1.54) is 4.90 Å². The third-order valence-corrected chi connectivity index (χ3v) is 4.88. The molecule has 0 spiro atoms. The monoisotopic (exact) mass is 332 g/mol. The Labute approximate surface area is 139 Å². The van der Waals surface area contributed by atoms with E-state index in [1.54, 1.807) is 12.1 Å². The highest BCUT2D eigenvalue weighted by molar-refractivity contribution is 8.00. The predicted molar refractivity (Wildman–Crippen MR) is 94.1 cm³/mol. The molecule has 1 N–H and O–H groups in total. The Morgan fingerprint density at radius 2 is 2.00 bits per heavy atom. The van der Waals surface area contributed by atoms with Crippen LogP contribution in [0.15, 0.2) is 53.4 Å². The minimum atomic E-state index is -0.0174. The molecule has 1 aliphatic rings. The fourth-order valence-corrected chi connectivity index (χ4v) is 3.83. The molecular formula is C17H17ClN2OS. The van der Waals surface area contributed by atoms with Crippen LogP contribution in [0.2, 0.25) is 5.02 Å². The van der Waals surface area contributed by atoms with Crippen LogP contribution >= 0.6 is 23.4 Å². The Bertz CT molecular complexity index is 675. The summed E-state index contributed by atoms with van der Waals surface area (Å²) in [6, 6.07) is 15.4. The van der Waals surface area contributed by atoms with E-state index in [0.29, 0.717) is 16.8 Å². The van der Waals surface area contributed by atoms with Crippen LogP contribution in [-0.4, -0.2) is 24.2 Å². The molecule has 0 saturated carbocycles. The Morgan fingerprint density at radius 3 is 2.77 bits per heavy atom. The van der Waals surface area contributed by atoms with Crippen LogP contribution in [0.5, 0.6) is 0 Å². The molecule has 3 rings (SSSR count). The number of fused-ring (bicyclic) bond motifs is 1. The number of rotatable bonds is 3. The van der Waals surface area contributed by atoms with Crippen molar-refractivity contribution in [2.75, 3.05) is 23.3 Å². The molecule has 0 fully saturated rings. The molecular weight excluding hydrogens is 316 g/mol. The van der Waals surface area contributed by atoms with Gasteiger partial charge in [-0.3, -0.25) is 4.79 Å². The largest absolute Gasteiger partial charge is 0.360 e. The van der Waals surface area contributed by atoms with Crippen LogP contribution in [0.25, 0.3) is 0 Å². The summed E-state index contributed by atoms with van der Waals surface area (Å²) < 4.78 is 0. The van der Waals surface area contributed by atoms with Crippen molar-refractivity contribution in [2.24, 2.45) is 0 Å². The lowest BCUT2D eigenvalue weighted by Crippen LogP contribution is -2.39. The van der Waals surface area contributed by atoms with Crippen molar-refractivity contribution in [3.63, 3.8) is 0 Å². The van der Waals surface area contributed by atoms with Crippen molar-refractivity contribution in [1.82, 2.24) is 0 Å². The van der Waals surface area contributed by atoms with E-state index in [4.69, 9.17) is 11.6 Å². The van der Waals surface area contributed by atoms with Gasteiger partial charge in [0.2, 0.25) is 5.91 Å². The fourth-order valence-electron chi connectivity index (χ4n) is 2.54. The maximum atomic E-state index is 12.3. The molecule has 5 heteroatoms. The van der Waals surface area contributed by atoms with Gasteiger partial charge >= 0.3 is 0 Å². The number of nitrogens with zero attached hydrogens (tertiary/aromatic N) is 1. The van der Waals surface area contributed by atoms with Gasteiger partial charge in [0, 0.05) is 27.4 Å². The molecule has 22 heavy (non-hydrogen) atoms. The maximum absolute atomic E-state index is 12.3. The van der Waals surface area contributed by atoms with E-state index in [-0.39, 0.29) is 5.91 Å². The number of carbonyl (C=O) groups excluding carboxylic acids is 1. The van der Waals surface area contributed by atoms with E-state index in [1.807, 2.05) is 36.0 Å². The molecule has 0 radical (unpaired) electrons. The number of thioether (sulfide) groups is 1. The molecule has 0 saturated heterocycles. The fraction of sp³-hybridized carbons (Fsp3) is 0.235. The third-order valence-electron chi connectivity index (χ3n) is 3.47. The zero-order valence-corrected chi connectivity index (χ0v) is 13.8. The molecule has 1 atom stereocenters. The van der Waals surface area contributed by atoms with E-state index in [9.17, 15) is 4.79 Å². The van der Waals surface area contributed by atoms with E-state index >= 15 is 0 Å². The van der Waals surface area contributed by atoms with Crippen molar-refractivity contribution in [3.05, 3.63) is 53.6 Å². The average Bonchev–Trinajstić information content (AvgIpc) is 2.49. The zero-order valence-electron chi connectivity index (χ0n) is 12.3. The lowest BCUT2D eigenvalue weighted by molar-refractivity contribution is -0.115. The minimum absolute atomic E-state index is 0.0174. The van der Waals surface area contributed by atoms with Crippen LogP contribution in [-0.2, 0) is 4.79 Å². The van der Waals surface area contributed by atoms with Crippen LogP contribution in [0, 0.1) is 0 Å². The Balaban J connectivity index is 1.70. The SMILES string of the molecule is C[C@@H]1CN(CC(=O)Nc2ccc(Cl)cc2)c2ccccc2S1. The van der Waals surface area contributed by atoms with Gasteiger partial charge in [-0.1, -0.05) is 30.7 Å². The summed E-state index contributed by atoms with van der Waals surface area (Å²) in [4.78, 5) is 15.7. The van der Waals surface area contributed by atoms with Crippen molar-refractivity contribution in [3.8, 4) is 0 Å². The highest BCUT2D eigenvalue weighted by atomic mass is 35.5. The summed E-state index contributed by atoms with van der Waals surface area (Å²) in [5, 5.41) is 4.05. The van der Waals surface area contributed by atoms with Gasteiger partial charge in [-0.05, 0) is 36.4 Å². The van der Waals surface area contributed by atoms with Crippen LogP contribution in [0.4, 0.5) is 11.4 Å². The number of anilines is 2. The maximum Gasteiger partial charge on any atom is 0.243 e. The van der Waals surface area contributed by atoms with Gasteiger partial charge in [-0.2, -0.15) is 0 Å². The number of hydrogen-bond donors (Lipinski definition) is 1. The summed E-state index contributed by atoms with van der Waals surface area (Å²) in [6.07, 6.45) is 0. The quantitative estimate of drug-likeness (QED) is 0.910. The topological polar surface area (TPSA) is 32.3 Å². The molecule has 1 amide bonds. The van der Waals surface area contributed by atoms with E-state index < -0.39 is 0 Å². The Hall–Kier alpha value is -1.65. The normalized spacial score (nSPS) is 17.0. The zero-order chi connectivity index (χ0) is 15.5. The number of amides is 1. The summed E-state index contributed by atoms with van der Waals surface area (Å²) >= 11 is 7.71. The molecule has 1 heterocycles. The van der Waals surface area contributed by atoms with Crippen molar-refractivity contribution in [1.29, 1.82) is 0 Å². The van der Waals surface area contributed by atoms with Crippen LogP contribution < -0.4 is 10.2 Å². The van der Waals surface area contributed by atoms with Crippen molar-refractivity contribution in [2.45, 2.75) is 17.1 Å². The predicted octanol–water partition coefficient (Wildman–Crippen LogP) is 4.28. The van der Waals surface area contributed by atoms with Gasteiger partial charge in [-0.15, -0.1) is 11.8 Å². The molecule has 0 aliphatic carbocycles. The van der Waals surface area contributed by atoms with Gasteiger partial charge in [0.05, 0.1) is 12.2 Å². The summed E-state index contributed by atoms with van der Waals surface area (Å²) in [7, 11) is 0. The van der Waals surface area contributed by atoms with Gasteiger partial charge < -0.3 is 10.2 Å². The molecule has 0 bridgehead atoms. The highest BCUT2D eigenvalue weighted by Crippen LogP contribution is 2.37. The van der Waals surface area contributed by atoms with E-state index in [2.05, 4.69) is 29.3 Å². The molecule has 3 nitrogen and oxygen atoms in total. The van der Waals surface area contributed by atoms with Gasteiger partial charge in [0.15, 0.2) is 0 Å². The van der Waals surface area contributed by atoms with Crippen molar-refractivity contribution >= 4 is 40.6 Å². The highest BCUT2D eigenvalue weighted by Gasteiger charge is 2.23. The van der Waals surface area contributed by atoms with E-state index in [0.717, 1.165) is 17.9 Å². The Morgan fingerprint density at radius 1 is 1.27 bits per heavy atom. The number of nitrogens with one attached hydrogen (secondary N) is 1. The standard InChI is InChI=1S/C17H17ClN2OS/c1-12-10-20(15-4-2-3-5-16(15)22-12)11-17(21)19-14-8-6-13(18)7-9-14/h2-9,12H,10-11H2,1H3,(H,19,21)/t12-/m1/s1. The van der Waals surface area contributed by atoms with Gasteiger partial charge in [0.1, 0.15) is 0 Å². The molecule has 0 aromatic heterocycles. The minimum Gasteiger partial charge on any atom is -0.360 e. The number of benzene rings is 2. The van der Waals surface area contributed by atoms with Gasteiger partial charge in [0.25, 0.3) is 0 Å². The molecule has 2 aromatic rings. The first-order valence-corrected chi connectivity index (χ1v) is 8.43. The summed E-state index contributed by atoms with van der Waals surface area (Å²) in [6.45, 7) is 3.41. The number of halogens is 1. The second-order valence-corrected chi connectivity index (χ2v) is 7.25. The number of carbonyl (C=O) groups is 1. The molecule has 2 aromatic carbocycles. The van der Waals surface area contributed by atoms with Gasteiger partial charge in [-0.25, -0.2) is 0 Å². The second-order valence-electron chi connectivity index (χ2n) is 5.33. The smallest absolute Gasteiger partial charge is 0.243 e. The molecule has 0 unspecified atom stereocenters. The average molecular weight is 333 g/mol. The van der Waals surface area contributed by atoms with Crippen LogP contribution in [0.1, 0.15) is 6.92 Å². The second kappa shape index (κ2) is 6.63. The number of para-hydroxylation sites is 1. The number of hydrogen-bond acceptors (Lipinski definition) is 3.